The molecular weight excluding hydrogens is 448 g/mol. The fourth-order valence-electron chi connectivity index (χ4n) is 4.38. The van der Waals surface area contributed by atoms with E-state index in [-0.39, 0.29) is 4.21 Å². The molecule has 4 nitrogen and oxygen atoms in total. The Balaban J connectivity index is 1.44. The van der Waals surface area contributed by atoms with Gasteiger partial charge in [0.05, 0.1) is 5.69 Å². The van der Waals surface area contributed by atoms with Crippen LogP contribution < -0.4 is 10.0 Å². The van der Waals surface area contributed by atoms with Gasteiger partial charge in [-0.25, -0.2) is 8.42 Å². The molecule has 0 radical (unpaired) electrons. The van der Waals surface area contributed by atoms with Gasteiger partial charge in [0.1, 0.15) is 4.21 Å². The number of sulfonamides is 1. The molecule has 1 saturated carbocycles. The highest BCUT2D eigenvalue weighted by atomic mass is 35.5. The van der Waals surface area contributed by atoms with Crippen molar-refractivity contribution < 1.29 is 8.42 Å². The van der Waals surface area contributed by atoms with Crippen molar-refractivity contribution in [3.8, 4) is 0 Å². The number of benzene rings is 2. The van der Waals surface area contributed by atoms with Crippen molar-refractivity contribution in [1.29, 1.82) is 0 Å². The Labute approximate surface area is 194 Å². The van der Waals surface area contributed by atoms with E-state index in [2.05, 4.69) is 17.0 Å². The van der Waals surface area contributed by atoms with Crippen LogP contribution in [0.5, 0.6) is 0 Å². The van der Waals surface area contributed by atoms with Crippen molar-refractivity contribution in [2.75, 3.05) is 4.72 Å². The summed E-state index contributed by atoms with van der Waals surface area (Å²) in [5.74, 6) is 0.812. The van der Waals surface area contributed by atoms with Crippen LogP contribution in [0.3, 0.4) is 0 Å². The summed E-state index contributed by atoms with van der Waals surface area (Å²) in [7, 11) is -3.67. The smallest absolute Gasteiger partial charge is 0.271 e. The van der Waals surface area contributed by atoms with E-state index in [1.165, 1.54) is 49.9 Å². The molecule has 1 unspecified atom stereocenters. The molecule has 2 N–H and O–H groups in total. The molecule has 4 rings (SSSR count). The van der Waals surface area contributed by atoms with Gasteiger partial charge in [0.15, 0.2) is 0 Å². The number of hydrogen-bond acceptors (Lipinski definition) is 4. The number of halogens is 1. The highest BCUT2D eigenvalue weighted by Crippen LogP contribution is 2.32. The number of fused-ring (bicyclic) bond motifs is 1. The fourth-order valence-corrected chi connectivity index (χ4v) is 7.04. The topological polar surface area (TPSA) is 58.2 Å². The molecule has 1 aromatic heterocycles. The lowest BCUT2D eigenvalue weighted by Gasteiger charge is -2.25. The number of hydrogen-bond donors (Lipinski definition) is 2. The summed E-state index contributed by atoms with van der Waals surface area (Å²) in [5, 5.41) is 5.03. The Kier molecular flexibility index (Phi) is 7.22. The first-order valence-electron chi connectivity index (χ1n) is 10.9. The van der Waals surface area contributed by atoms with Crippen molar-refractivity contribution in [2.45, 2.75) is 62.2 Å². The highest BCUT2D eigenvalue weighted by molar-refractivity contribution is 7.94. The van der Waals surface area contributed by atoms with Gasteiger partial charge in [-0.3, -0.25) is 4.72 Å². The molecule has 1 aliphatic carbocycles. The summed E-state index contributed by atoms with van der Waals surface area (Å²) in [5.41, 5.74) is 1.57. The minimum Gasteiger partial charge on any atom is -0.310 e. The number of anilines is 1. The van der Waals surface area contributed by atoms with Crippen molar-refractivity contribution in [3.63, 3.8) is 0 Å². The number of para-hydroxylation sites is 1. The zero-order valence-corrected chi connectivity index (χ0v) is 20.1. The minimum absolute atomic E-state index is 0.290. The van der Waals surface area contributed by atoms with Crippen molar-refractivity contribution >= 4 is 48.7 Å². The second kappa shape index (κ2) is 9.90. The molecule has 0 bridgehead atoms. The van der Waals surface area contributed by atoms with Crippen LogP contribution in [0.25, 0.3) is 10.1 Å². The predicted molar refractivity (Wildman–Crippen MR) is 132 cm³/mol. The Morgan fingerprint density at radius 3 is 2.68 bits per heavy atom. The Bertz CT molecular complexity index is 1140. The van der Waals surface area contributed by atoms with Crippen LogP contribution in [0.1, 0.15) is 51.0 Å². The molecule has 0 spiro atoms. The number of rotatable bonds is 8. The maximum atomic E-state index is 13.1. The number of thiophene rings is 1. The lowest BCUT2D eigenvalue weighted by molar-refractivity contribution is 0.305. The summed E-state index contributed by atoms with van der Waals surface area (Å²) in [6.45, 7) is 2.86. The molecule has 166 valence electrons. The van der Waals surface area contributed by atoms with Crippen molar-refractivity contribution in [1.82, 2.24) is 5.32 Å². The van der Waals surface area contributed by atoms with Crippen LogP contribution in [-0.2, 0) is 16.6 Å². The monoisotopic (exact) mass is 476 g/mol. The molecule has 1 aliphatic rings. The van der Waals surface area contributed by atoms with E-state index < -0.39 is 10.0 Å². The van der Waals surface area contributed by atoms with Gasteiger partial charge in [-0.15, -0.1) is 11.3 Å². The van der Waals surface area contributed by atoms with E-state index >= 15 is 0 Å². The van der Waals surface area contributed by atoms with Gasteiger partial charge in [-0.2, -0.15) is 0 Å². The number of nitrogens with one attached hydrogen (secondary N) is 2. The Morgan fingerprint density at radius 2 is 1.87 bits per heavy atom. The van der Waals surface area contributed by atoms with Crippen molar-refractivity contribution in [2.24, 2.45) is 5.92 Å². The van der Waals surface area contributed by atoms with E-state index in [1.54, 1.807) is 18.2 Å². The molecule has 0 saturated heterocycles. The lowest BCUT2D eigenvalue weighted by atomic mass is 9.85. The van der Waals surface area contributed by atoms with E-state index in [9.17, 15) is 8.42 Å². The fraction of sp³-hybridized carbons (Fsp3) is 0.417. The second-order valence-electron chi connectivity index (χ2n) is 8.53. The molecule has 1 heterocycles. The molecular formula is C24H29ClN2O2S2. The maximum Gasteiger partial charge on any atom is 0.271 e. The molecule has 7 heteroatoms. The average molecular weight is 477 g/mol. The van der Waals surface area contributed by atoms with E-state index in [4.69, 9.17) is 11.6 Å². The molecule has 0 amide bonds. The van der Waals surface area contributed by atoms with E-state index in [1.807, 2.05) is 30.3 Å². The van der Waals surface area contributed by atoms with Crippen LogP contribution in [0.2, 0.25) is 5.02 Å². The van der Waals surface area contributed by atoms with Gasteiger partial charge in [0.2, 0.25) is 0 Å². The zero-order valence-electron chi connectivity index (χ0n) is 17.7. The van der Waals surface area contributed by atoms with Gasteiger partial charge in [0.25, 0.3) is 10.0 Å². The summed E-state index contributed by atoms with van der Waals surface area (Å²) in [6, 6.07) is 15.1. The van der Waals surface area contributed by atoms with E-state index in [0.717, 1.165) is 21.6 Å². The first-order valence-corrected chi connectivity index (χ1v) is 13.6. The van der Waals surface area contributed by atoms with Gasteiger partial charge in [-0.1, -0.05) is 61.9 Å². The third-order valence-corrected chi connectivity index (χ3v) is 9.23. The molecule has 31 heavy (non-hydrogen) atoms. The first-order chi connectivity index (χ1) is 14.9. The largest absolute Gasteiger partial charge is 0.310 e. The summed E-state index contributed by atoms with van der Waals surface area (Å²) in [6.07, 6.45) is 7.93. The van der Waals surface area contributed by atoms with Crippen LogP contribution in [0, 0.1) is 5.92 Å². The highest BCUT2D eigenvalue weighted by Gasteiger charge is 2.20. The second-order valence-corrected chi connectivity index (χ2v) is 12.0. The third-order valence-electron chi connectivity index (χ3n) is 6.03. The lowest BCUT2D eigenvalue weighted by Crippen LogP contribution is -2.29. The van der Waals surface area contributed by atoms with Gasteiger partial charge in [-0.05, 0) is 60.5 Å². The predicted octanol–water partition coefficient (Wildman–Crippen LogP) is 6.80. The molecule has 1 fully saturated rings. The van der Waals surface area contributed by atoms with Crippen LogP contribution in [0.4, 0.5) is 5.69 Å². The normalized spacial score (nSPS) is 16.5. The summed E-state index contributed by atoms with van der Waals surface area (Å²) in [4.78, 5) is 0. The van der Waals surface area contributed by atoms with Crippen molar-refractivity contribution in [3.05, 3.63) is 59.1 Å². The molecule has 2 aromatic carbocycles. The average Bonchev–Trinajstić information content (AvgIpc) is 3.18. The molecule has 0 aliphatic heterocycles. The third kappa shape index (κ3) is 5.80. The van der Waals surface area contributed by atoms with Gasteiger partial charge in [0, 0.05) is 22.3 Å². The molecule has 3 aromatic rings. The first kappa shape index (κ1) is 22.6. The SMILES string of the molecule is CC(CC1CCCCC1)NCc1ccccc1NS(=O)(=O)c1cc2cc(Cl)ccc2s1. The quantitative estimate of drug-likeness (QED) is 0.375. The Hall–Kier alpha value is -1.60. The Morgan fingerprint density at radius 1 is 1.10 bits per heavy atom. The minimum atomic E-state index is -3.67. The van der Waals surface area contributed by atoms with Crippen LogP contribution in [-0.4, -0.2) is 14.5 Å². The summed E-state index contributed by atoms with van der Waals surface area (Å²) < 4.78 is 30.1. The standard InChI is InChI=1S/C24H29ClN2O2S2/c1-17(13-18-7-3-2-4-8-18)26-16-19-9-5-6-10-22(19)27-31(28,29)24-15-20-14-21(25)11-12-23(20)30-24/h5-6,9-12,14-15,17-18,26-27H,2-4,7-8,13,16H2,1H3. The van der Waals surface area contributed by atoms with Gasteiger partial charge < -0.3 is 5.32 Å². The van der Waals surface area contributed by atoms with Crippen LogP contribution >= 0.6 is 22.9 Å². The zero-order chi connectivity index (χ0) is 21.8. The van der Waals surface area contributed by atoms with Crippen LogP contribution in [0.15, 0.2) is 52.7 Å². The maximum absolute atomic E-state index is 13.1. The van der Waals surface area contributed by atoms with E-state index in [0.29, 0.717) is 23.3 Å². The summed E-state index contributed by atoms with van der Waals surface area (Å²) >= 11 is 7.30. The molecule has 1 atom stereocenters. The van der Waals surface area contributed by atoms with Gasteiger partial charge >= 0.3 is 0 Å².